The summed E-state index contributed by atoms with van der Waals surface area (Å²) in [5.74, 6) is 1.97. The van der Waals surface area contributed by atoms with E-state index in [1.807, 2.05) is 13.0 Å². The molecule has 0 saturated carbocycles. The highest BCUT2D eigenvalue weighted by molar-refractivity contribution is 5.07. The Morgan fingerprint density at radius 3 is 2.85 bits per heavy atom. The molecule has 114 valence electrons. The maximum Gasteiger partial charge on any atom is 0.118 e. The van der Waals surface area contributed by atoms with Gasteiger partial charge < -0.3 is 14.9 Å². The standard InChI is InChI=1S/C16H28N2O2/c1-4-5-14-10-16(12-17,8-9-19-14)18(3)11-15-7-6-13(2)20-15/h6-7,14H,4-5,8-12,17H2,1-3H3. The van der Waals surface area contributed by atoms with Crippen LogP contribution in [0.15, 0.2) is 16.5 Å². The SMILES string of the molecule is CCCC1CC(CN)(N(C)Cc2ccc(C)o2)CCO1. The van der Waals surface area contributed by atoms with Crippen LogP contribution in [0.5, 0.6) is 0 Å². The Labute approximate surface area is 122 Å². The van der Waals surface area contributed by atoms with Gasteiger partial charge >= 0.3 is 0 Å². The predicted molar refractivity (Wildman–Crippen MR) is 80.6 cm³/mol. The van der Waals surface area contributed by atoms with Crippen LogP contribution in [0, 0.1) is 6.92 Å². The zero-order valence-electron chi connectivity index (χ0n) is 13.0. The average Bonchev–Trinajstić information content (AvgIpc) is 2.84. The number of rotatable bonds is 6. The Balaban J connectivity index is 2.04. The van der Waals surface area contributed by atoms with Crippen LogP contribution in [0.4, 0.5) is 0 Å². The van der Waals surface area contributed by atoms with Crippen LogP contribution in [-0.4, -0.2) is 36.7 Å². The number of nitrogens with zero attached hydrogens (tertiary/aromatic N) is 1. The molecule has 2 N–H and O–H groups in total. The number of hydrogen-bond donors (Lipinski definition) is 1. The molecule has 1 aromatic rings. The third-order valence-corrected chi connectivity index (χ3v) is 4.52. The monoisotopic (exact) mass is 280 g/mol. The highest BCUT2D eigenvalue weighted by atomic mass is 16.5. The van der Waals surface area contributed by atoms with Crippen LogP contribution < -0.4 is 5.73 Å². The molecule has 2 rings (SSSR count). The molecule has 1 saturated heterocycles. The minimum Gasteiger partial charge on any atom is -0.465 e. The molecule has 0 aliphatic carbocycles. The first-order valence-corrected chi connectivity index (χ1v) is 7.68. The number of ether oxygens (including phenoxy) is 1. The first-order valence-electron chi connectivity index (χ1n) is 7.68. The highest BCUT2D eigenvalue weighted by Crippen LogP contribution is 2.32. The minimum absolute atomic E-state index is 0.0405. The fraction of sp³-hybridized carbons (Fsp3) is 0.750. The van der Waals surface area contributed by atoms with Gasteiger partial charge in [-0.3, -0.25) is 4.90 Å². The topological polar surface area (TPSA) is 51.6 Å². The largest absolute Gasteiger partial charge is 0.465 e. The van der Waals surface area contributed by atoms with E-state index in [9.17, 15) is 0 Å². The molecule has 0 spiro atoms. The molecule has 4 heteroatoms. The van der Waals surface area contributed by atoms with Crippen molar-refractivity contribution in [3.8, 4) is 0 Å². The van der Waals surface area contributed by atoms with Crippen LogP contribution >= 0.6 is 0 Å². The summed E-state index contributed by atoms with van der Waals surface area (Å²) in [7, 11) is 2.15. The summed E-state index contributed by atoms with van der Waals surface area (Å²) in [6.45, 7) is 6.48. The fourth-order valence-electron chi connectivity index (χ4n) is 3.17. The van der Waals surface area contributed by atoms with E-state index in [1.54, 1.807) is 0 Å². The third kappa shape index (κ3) is 3.43. The second kappa shape index (κ2) is 6.74. The van der Waals surface area contributed by atoms with E-state index >= 15 is 0 Å². The lowest BCUT2D eigenvalue weighted by Crippen LogP contribution is -2.56. The maximum atomic E-state index is 6.13. The van der Waals surface area contributed by atoms with E-state index in [0.717, 1.165) is 50.4 Å². The molecule has 1 aromatic heterocycles. The van der Waals surface area contributed by atoms with Gasteiger partial charge in [0.15, 0.2) is 0 Å². The van der Waals surface area contributed by atoms with Crippen molar-refractivity contribution in [3.63, 3.8) is 0 Å². The molecule has 1 aliphatic rings. The molecule has 0 aromatic carbocycles. The van der Waals surface area contributed by atoms with Gasteiger partial charge in [-0.15, -0.1) is 0 Å². The predicted octanol–water partition coefficient (Wildman–Crippen LogP) is 2.70. The van der Waals surface area contributed by atoms with Gasteiger partial charge in [-0.25, -0.2) is 0 Å². The third-order valence-electron chi connectivity index (χ3n) is 4.52. The van der Waals surface area contributed by atoms with Crippen molar-refractivity contribution in [1.82, 2.24) is 4.90 Å². The Morgan fingerprint density at radius 2 is 2.25 bits per heavy atom. The number of furan rings is 1. The summed E-state index contributed by atoms with van der Waals surface area (Å²) in [6.07, 6.45) is 4.65. The van der Waals surface area contributed by atoms with Gasteiger partial charge in [0.25, 0.3) is 0 Å². The van der Waals surface area contributed by atoms with Crippen LogP contribution in [-0.2, 0) is 11.3 Å². The van der Waals surface area contributed by atoms with Gasteiger partial charge in [-0.05, 0) is 45.4 Å². The van der Waals surface area contributed by atoms with Crippen molar-refractivity contribution in [1.29, 1.82) is 0 Å². The molecule has 20 heavy (non-hydrogen) atoms. The number of aryl methyl sites for hydroxylation is 1. The summed E-state index contributed by atoms with van der Waals surface area (Å²) < 4.78 is 11.6. The van der Waals surface area contributed by atoms with E-state index in [0.29, 0.717) is 12.6 Å². The van der Waals surface area contributed by atoms with E-state index < -0.39 is 0 Å². The quantitative estimate of drug-likeness (QED) is 0.870. The Kier molecular flexibility index (Phi) is 5.24. The van der Waals surface area contributed by atoms with E-state index in [2.05, 4.69) is 24.9 Å². The smallest absolute Gasteiger partial charge is 0.118 e. The first-order chi connectivity index (χ1) is 9.59. The molecule has 2 heterocycles. The lowest BCUT2D eigenvalue weighted by atomic mass is 9.84. The minimum atomic E-state index is 0.0405. The van der Waals surface area contributed by atoms with Gasteiger partial charge in [0.1, 0.15) is 11.5 Å². The Hall–Kier alpha value is -0.840. The van der Waals surface area contributed by atoms with E-state index in [4.69, 9.17) is 14.9 Å². The van der Waals surface area contributed by atoms with Gasteiger partial charge in [-0.1, -0.05) is 13.3 Å². The summed E-state index contributed by atoms with van der Waals surface area (Å²) in [6, 6.07) is 4.07. The molecule has 2 atom stereocenters. The summed E-state index contributed by atoms with van der Waals surface area (Å²) in [5.41, 5.74) is 6.17. The molecular weight excluding hydrogens is 252 g/mol. The van der Waals surface area contributed by atoms with Crippen molar-refractivity contribution in [2.45, 2.75) is 57.7 Å². The Morgan fingerprint density at radius 1 is 1.45 bits per heavy atom. The second-order valence-corrected chi connectivity index (χ2v) is 6.03. The van der Waals surface area contributed by atoms with Crippen molar-refractivity contribution in [2.75, 3.05) is 20.2 Å². The van der Waals surface area contributed by atoms with E-state index in [-0.39, 0.29) is 5.54 Å². The van der Waals surface area contributed by atoms with Crippen molar-refractivity contribution < 1.29 is 9.15 Å². The average molecular weight is 280 g/mol. The summed E-state index contributed by atoms with van der Waals surface area (Å²) >= 11 is 0. The van der Waals surface area contributed by atoms with Crippen LogP contribution in [0.3, 0.4) is 0 Å². The van der Waals surface area contributed by atoms with Crippen molar-refractivity contribution in [2.24, 2.45) is 5.73 Å². The number of likely N-dealkylation sites (N-methyl/N-ethyl adjacent to an activating group) is 1. The molecule has 0 bridgehead atoms. The van der Waals surface area contributed by atoms with E-state index in [1.165, 1.54) is 0 Å². The van der Waals surface area contributed by atoms with Gasteiger partial charge in [0.05, 0.1) is 12.6 Å². The molecule has 0 radical (unpaired) electrons. The lowest BCUT2D eigenvalue weighted by molar-refractivity contribution is -0.0703. The molecule has 4 nitrogen and oxygen atoms in total. The first kappa shape index (κ1) is 15.5. The lowest BCUT2D eigenvalue weighted by Gasteiger charge is -2.46. The van der Waals surface area contributed by atoms with Crippen LogP contribution in [0.2, 0.25) is 0 Å². The number of hydrogen-bond acceptors (Lipinski definition) is 4. The van der Waals surface area contributed by atoms with Crippen molar-refractivity contribution >= 4 is 0 Å². The molecule has 1 aliphatic heterocycles. The second-order valence-electron chi connectivity index (χ2n) is 6.03. The number of nitrogens with two attached hydrogens (primary N) is 1. The molecular formula is C16H28N2O2. The van der Waals surface area contributed by atoms with Gasteiger partial charge in [-0.2, -0.15) is 0 Å². The van der Waals surface area contributed by atoms with Gasteiger partial charge in [0.2, 0.25) is 0 Å². The van der Waals surface area contributed by atoms with Crippen LogP contribution in [0.1, 0.15) is 44.1 Å². The summed E-state index contributed by atoms with van der Waals surface area (Å²) in [5, 5.41) is 0. The van der Waals surface area contributed by atoms with Crippen molar-refractivity contribution in [3.05, 3.63) is 23.7 Å². The molecule has 1 fully saturated rings. The summed E-state index contributed by atoms with van der Waals surface area (Å²) in [4.78, 5) is 2.36. The normalized spacial score (nSPS) is 27.1. The molecule has 0 amide bonds. The van der Waals surface area contributed by atoms with Crippen LogP contribution in [0.25, 0.3) is 0 Å². The highest BCUT2D eigenvalue weighted by Gasteiger charge is 2.39. The van der Waals surface area contributed by atoms with Gasteiger partial charge in [0, 0.05) is 18.7 Å². The zero-order valence-corrected chi connectivity index (χ0v) is 13.0. The maximum absolute atomic E-state index is 6.13. The fourth-order valence-corrected chi connectivity index (χ4v) is 3.17. The zero-order chi connectivity index (χ0) is 14.6. The molecule has 2 unspecified atom stereocenters. The Bertz CT molecular complexity index is 416.